The molecule has 0 unspecified atom stereocenters. The molecule has 2 nitrogen and oxygen atoms in total. The summed E-state index contributed by atoms with van der Waals surface area (Å²) in [7, 11) is 7.12. The Hall–Kier alpha value is -1.25. The van der Waals surface area contributed by atoms with Crippen molar-refractivity contribution in [2.24, 2.45) is 0 Å². The van der Waals surface area contributed by atoms with E-state index < -0.39 is 0 Å². The van der Waals surface area contributed by atoms with Gasteiger partial charge in [0.05, 0.1) is 12.7 Å². The highest BCUT2D eigenvalue weighted by molar-refractivity contribution is 6.37. The SMILES string of the molecule is [B]c1c(CC)cccc1C(=O)OC. The summed E-state index contributed by atoms with van der Waals surface area (Å²) in [5.41, 5.74) is 1.95. The number of hydrogen-bond donors (Lipinski definition) is 0. The van der Waals surface area contributed by atoms with Crippen LogP contribution in [0.1, 0.15) is 22.8 Å². The average molecular weight is 174 g/mol. The van der Waals surface area contributed by atoms with Gasteiger partial charge in [0.1, 0.15) is 7.85 Å². The van der Waals surface area contributed by atoms with E-state index in [0.717, 1.165) is 12.0 Å². The van der Waals surface area contributed by atoms with E-state index in [2.05, 4.69) is 4.74 Å². The number of rotatable bonds is 2. The van der Waals surface area contributed by atoms with Crippen LogP contribution in [0.5, 0.6) is 0 Å². The summed E-state index contributed by atoms with van der Waals surface area (Å²) in [6, 6.07) is 5.38. The molecule has 0 aromatic heterocycles. The van der Waals surface area contributed by atoms with Crippen LogP contribution in [0.25, 0.3) is 0 Å². The molecule has 0 atom stereocenters. The van der Waals surface area contributed by atoms with Crippen LogP contribution in [0.3, 0.4) is 0 Å². The first-order chi connectivity index (χ1) is 6.20. The smallest absolute Gasteiger partial charge is 0.337 e. The van der Waals surface area contributed by atoms with Gasteiger partial charge < -0.3 is 4.74 Å². The Balaban J connectivity index is 3.15. The lowest BCUT2D eigenvalue weighted by atomic mass is 9.85. The summed E-state index contributed by atoms with van der Waals surface area (Å²) < 4.78 is 4.60. The van der Waals surface area contributed by atoms with Gasteiger partial charge in [0.15, 0.2) is 0 Å². The third-order valence-corrected chi connectivity index (χ3v) is 1.98. The van der Waals surface area contributed by atoms with Crippen LogP contribution in [0.4, 0.5) is 0 Å². The Labute approximate surface area is 79.3 Å². The van der Waals surface area contributed by atoms with Gasteiger partial charge >= 0.3 is 5.97 Å². The van der Waals surface area contributed by atoms with E-state index in [0.29, 0.717) is 11.0 Å². The van der Waals surface area contributed by atoms with E-state index in [1.807, 2.05) is 13.0 Å². The average Bonchev–Trinajstić information content (AvgIpc) is 2.17. The maximum atomic E-state index is 11.2. The van der Waals surface area contributed by atoms with E-state index >= 15 is 0 Å². The number of benzene rings is 1. The van der Waals surface area contributed by atoms with Gasteiger partial charge in [-0.3, -0.25) is 0 Å². The van der Waals surface area contributed by atoms with Crippen molar-refractivity contribution in [1.29, 1.82) is 0 Å². The van der Waals surface area contributed by atoms with E-state index in [-0.39, 0.29) is 5.97 Å². The number of carbonyl (C=O) groups excluding carboxylic acids is 1. The first kappa shape index (κ1) is 9.84. The Bertz CT molecular complexity index is 321. The van der Waals surface area contributed by atoms with Crippen molar-refractivity contribution in [3.8, 4) is 0 Å². The summed E-state index contributed by atoms with van der Waals surface area (Å²) in [5.74, 6) is -0.382. The molecule has 0 saturated carbocycles. The molecule has 0 bridgehead atoms. The zero-order chi connectivity index (χ0) is 9.84. The monoisotopic (exact) mass is 174 g/mol. The van der Waals surface area contributed by atoms with Gasteiger partial charge in [-0.2, -0.15) is 0 Å². The minimum Gasteiger partial charge on any atom is -0.465 e. The van der Waals surface area contributed by atoms with Gasteiger partial charge in [0, 0.05) is 0 Å². The second-order valence-electron chi connectivity index (χ2n) is 2.72. The molecule has 0 N–H and O–H groups in total. The molecule has 1 aromatic rings. The molecule has 0 aliphatic carbocycles. The summed E-state index contributed by atoms with van der Waals surface area (Å²) in [6.45, 7) is 1.99. The first-order valence-electron chi connectivity index (χ1n) is 4.16. The highest BCUT2D eigenvalue weighted by Gasteiger charge is 2.09. The molecule has 3 heteroatoms. The van der Waals surface area contributed by atoms with Gasteiger partial charge in [0.25, 0.3) is 0 Å². The third-order valence-electron chi connectivity index (χ3n) is 1.98. The second kappa shape index (κ2) is 4.12. The van der Waals surface area contributed by atoms with Crippen molar-refractivity contribution >= 4 is 19.3 Å². The molecule has 0 aliphatic heterocycles. The minimum absolute atomic E-state index is 0.382. The Morgan fingerprint density at radius 2 is 2.23 bits per heavy atom. The lowest BCUT2D eigenvalue weighted by Gasteiger charge is -2.07. The molecule has 0 heterocycles. The number of ether oxygens (including phenoxy) is 1. The van der Waals surface area contributed by atoms with E-state index in [1.165, 1.54) is 7.11 Å². The zero-order valence-electron chi connectivity index (χ0n) is 7.83. The molecule has 13 heavy (non-hydrogen) atoms. The van der Waals surface area contributed by atoms with Crippen LogP contribution in [0.2, 0.25) is 0 Å². The molecule has 0 spiro atoms. The summed E-state index contributed by atoms with van der Waals surface area (Å²) >= 11 is 0. The van der Waals surface area contributed by atoms with Gasteiger partial charge in [-0.1, -0.05) is 30.1 Å². The fourth-order valence-corrected chi connectivity index (χ4v) is 1.21. The number of carbonyl (C=O) groups is 1. The second-order valence-corrected chi connectivity index (χ2v) is 2.72. The Morgan fingerprint density at radius 1 is 1.54 bits per heavy atom. The Kier molecular flexibility index (Phi) is 3.12. The zero-order valence-corrected chi connectivity index (χ0v) is 7.83. The molecule has 1 rings (SSSR count). The summed E-state index contributed by atoms with van der Waals surface area (Å²) in [6.07, 6.45) is 0.816. The van der Waals surface area contributed by atoms with E-state index in [9.17, 15) is 4.79 Å². The highest BCUT2D eigenvalue weighted by atomic mass is 16.5. The fourth-order valence-electron chi connectivity index (χ4n) is 1.21. The molecular formula is C10H11BO2. The van der Waals surface area contributed by atoms with Gasteiger partial charge in [-0.25, -0.2) is 4.79 Å². The van der Waals surface area contributed by atoms with Crippen LogP contribution >= 0.6 is 0 Å². The summed E-state index contributed by atoms with van der Waals surface area (Å²) in [5, 5.41) is 0. The van der Waals surface area contributed by atoms with Crippen LogP contribution in [-0.4, -0.2) is 20.9 Å². The first-order valence-corrected chi connectivity index (χ1v) is 4.16. The maximum Gasteiger partial charge on any atom is 0.337 e. The summed E-state index contributed by atoms with van der Waals surface area (Å²) in [4.78, 5) is 11.2. The number of esters is 1. The minimum atomic E-state index is -0.382. The molecule has 1 aromatic carbocycles. The molecule has 0 aliphatic rings. The number of hydrogen-bond acceptors (Lipinski definition) is 2. The van der Waals surface area contributed by atoms with Crippen molar-refractivity contribution < 1.29 is 9.53 Å². The number of aryl methyl sites for hydroxylation is 1. The largest absolute Gasteiger partial charge is 0.465 e. The van der Waals surface area contributed by atoms with Crippen molar-refractivity contribution in [3.63, 3.8) is 0 Å². The van der Waals surface area contributed by atoms with Crippen LogP contribution in [-0.2, 0) is 11.2 Å². The molecular weight excluding hydrogens is 163 g/mol. The molecule has 0 amide bonds. The normalized spacial score (nSPS) is 9.69. The van der Waals surface area contributed by atoms with Crippen molar-refractivity contribution in [1.82, 2.24) is 0 Å². The fraction of sp³-hybridized carbons (Fsp3) is 0.300. The van der Waals surface area contributed by atoms with Crippen molar-refractivity contribution in [2.75, 3.05) is 7.11 Å². The van der Waals surface area contributed by atoms with Crippen LogP contribution in [0, 0.1) is 0 Å². The highest BCUT2D eigenvalue weighted by Crippen LogP contribution is 2.03. The molecule has 66 valence electrons. The van der Waals surface area contributed by atoms with Gasteiger partial charge in [-0.05, 0) is 12.5 Å². The van der Waals surface area contributed by atoms with Crippen LogP contribution in [0.15, 0.2) is 18.2 Å². The maximum absolute atomic E-state index is 11.2. The lowest BCUT2D eigenvalue weighted by molar-refractivity contribution is 0.0602. The van der Waals surface area contributed by atoms with Gasteiger partial charge in [0.2, 0.25) is 0 Å². The molecule has 2 radical (unpaired) electrons. The topological polar surface area (TPSA) is 26.3 Å². The number of methoxy groups -OCH3 is 1. The lowest BCUT2D eigenvalue weighted by Crippen LogP contribution is -2.20. The predicted molar refractivity (Wildman–Crippen MR) is 52.5 cm³/mol. The molecule has 0 fully saturated rings. The van der Waals surface area contributed by atoms with E-state index in [1.54, 1.807) is 12.1 Å². The quantitative estimate of drug-likeness (QED) is 0.490. The standard InChI is InChI=1S/C10H11BO2/c1-3-7-5-4-6-8(9(7)11)10(12)13-2/h4-6H,3H2,1-2H3. The predicted octanol–water partition coefficient (Wildman–Crippen LogP) is 0.829. The van der Waals surface area contributed by atoms with Crippen LogP contribution < -0.4 is 5.46 Å². The third kappa shape index (κ3) is 1.91. The van der Waals surface area contributed by atoms with E-state index in [4.69, 9.17) is 7.85 Å². The van der Waals surface area contributed by atoms with Crippen molar-refractivity contribution in [2.45, 2.75) is 13.3 Å². The van der Waals surface area contributed by atoms with Gasteiger partial charge in [-0.15, -0.1) is 0 Å². The molecule has 0 saturated heterocycles. The Morgan fingerprint density at radius 3 is 2.77 bits per heavy atom. The van der Waals surface area contributed by atoms with Crippen molar-refractivity contribution in [3.05, 3.63) is 29.3 Å².